The van der Waals surface area contributed by atoms with Gasteiger partial charge in [-0.2, -0.15) is 5.10 Å². The molecule has 0 aromatic carbocycles. The minimum atomic E-state index is 0.0423. The maximum atomic E-state index is 4.41. The number of nitrogens with zero attached hydrogens (tertiary/aromatic N) is 3. The largest absolute Gasteiger partial charge is 0.363 e. The zero-order valence-electron chi connectivity index (χ0n) is 13.1. The Morgan fingerprint density at radius 1 is 1.59 bits per heavy atom. The summed E-state index contributed by atoms with van der Waals surface area (Å²) in [5.74, 6) is 1.35. The van der Waals surface area contributed by atoms with E-state index in [-0.39, 0.29) is 11.5 Å². The third kappa shape index (κ3) is 2.22. The summed E-state index contributed by atoms with van der Waals surface area (Å²) in [6, 6.07) is 4.11. The van der Waals surface area contributed by atoms with E-state index in [1.165, 1.54) is 16.9 Å². The zero-order valence-corrected chi connectivity index (χ0v) is 13.9. The lowest BCUT2D eigenvalue weighted by Crippen LogP contribution is -2.47. The first-order chi connectivity index (χ1) is 10.6. The van der Waals surface area contributed by atoms with Crippen molar-refractivity contribution in [3.8, 4) is 0 Å². The summed E-state index contributed by atoms with van der Waals surface area (Å²) in [5.41, 5.74) is 1.87. The number of pyridine rings is 1. The van der Waals surface area contributed by atoms with Gasteiger partial charge in [0.15, 0.2) is 5.82 Å². The van der Waals surface area contributed by atoms with Crippen LogP contribution in [0, 0.1) is 11.3 Å². The van der Waals surface area contributed by atoms with Gasteiger partial charge in [0.1, 0.15) is 5.52 Å². The van der Waals surface area contributed by atoms with E-state index in [1.807, 2.05) is 12.1 Å². The molecule has 0 bridgehead atoms. The molecule has 3 rings (SSSR count). The highest BCUT2D eigenvalue weighted by Gasteiger charge is 2.48. The van der Waals surface area contributed by atoms with Crippen LogP contribution in [0.15, 0.2) is 33.7 Å². The van der Waals surface area contributed by atoms with E-state index < -0.39 is 0 Å². The van der Waals surface area contributed by atoms with Gasteiger partial charge in [-0.05, 0) is 38.1 Å². The standard InChI is InChI=1S/C16H21N5S/c1-5-11-9-13(22-17-4)16(11,3)10(2)19-15-14-12(20-21-15)7-6-8-18-14/h6-11H,4-5H2,1-3H3,(H2,19,20,21)/t10-,11?,16-/m0/s1. The molecule has 1 unspecified atom stereocenters. The molecule has 0 amide bonds. The summed E-state index contributed by atoms with van der Waals surface area (Å²) < 4.78 is 3.99. The van der Waals surface area contributed by atoms with E-state index in [0.717, 1.165) is 23.3 Å². The van der Waals surface area contributed by atoms with Crippen molar-refractivity contribution in [3.05, 3.63) is 29.3 Å². The van der Waals surface area contributed by atoms with Crippen LogP contribution < -0.4 is 5.32 Å². The molecule has 2 N–H and O–H groups in total. The molecule has 1 aliphatic rings. The van der Waals surface area contributed by atoms with Crippen LogP contribution >= 0.6 is 11.9 Å². The minimum absolute atomic E-state index is 0.0423. The summed E-state index contributed by atoms with van der Waals surface area (Å²) in [5, 5.41) is 10.9. The maximum absolute atomic E-state index is 4.41. The Morgan fingerprint density at radius 2 is 2.41 bits per heavy atom. The molecule has 6 heteroatoms. The molecule has 0 spiro atoms. The van der Waals surface area contributed by atoms with Crippen LogP contribution in [0.5, 0.6) is 0 Å². The van der Waals surface area contributed by atoms with Crippen molar-refractivity contribution < 1.29 is 0 Å². The van der Waals surface area contributed by atoms with Gasteiger partial charge in [0.25, 0.3) is 0 Å². The summed E-state index contributed by atoms with van der Waals surface area (Å²) in [6.07, 6.45) is 5.21. The lowest BCUT2D eigenvalue weighted by Gasteiger charge is -2.49. The number of fused-ring (bicyclic) bond motifs is 1. The van der Waals surface area contributed by atoms with E-state index in [0.29, 0.717) is 5.92 Å². The molecule has 22 heavy (non-hydrogen) atoms. The molecule has 0 radical (unpaired) electrons. The Hall–Kier alpha value is -1.82. The highest BCUT2D eigenvalue weighted by molar-refractivity contribution is 8.02. The van der Waals surface area contributed by atoms with Gasteiger partial charge >= 0.3 is 0 Å². The Labute approximate surface area is 134 Å². The van der Waals surface area contributed by atoms with Gasteiger partial charge in [-0.3, -0.25) is 10.1 Å². The van der Waals surface area contributed by atoms with Gasteiger partial charge in [0, 0.05) is 34.5 Å². The molecule has 2 aromatic heterocycles. The first kappa shape index (κ1) is 15.1. The first-order valence-electron chi connectivity index (χ1n) is 7.52. The normalized spacial score (nSPS) is 25.4. The van der Waals surface area contributed by atoms with Crippen molar-refractivity contribution in [2.75, 3.05) is 5.32 Å². The van der Waals surface area contributed by atoms with Gasteiger partial charge < -0.3 is 5.32 Å². The van der Waals surface area contributed by atoms with Crippen molar-refractivity contribution in [1.82, 2.24) is 15.2 Å². The molecule has 0 fully saturated rings. The fourth-order valence-corrected chi connectivity index (χ4v) is 4.09. The third-order valence-electron chi connectivity index (χ3n) is 4.83. The van der Waals surface area contributed by atoms with Crippen LogP contribution in [-0.2, 0) is 0 Å². The average molecular weight is 315 g/mol. The Bertz CT molecular complexity index is 722. The Balaban J connectivity index is 1.86. The number of rotatable bonds is 6. The fraction of sp³-hybridized carbons (Fsp3) is 0.438. The average Bonchev–Trinajstić information content (AvgIpc) is 2.93. The number of H-pyrrole nitrogens is 1. The summed E-state index contributed by atoms with van der Waals surface area (Å²) in [4.78, 5) is 5.69. The highest BCUT2D eigenvalue weighted by atomic mass is 32.2. The Kier molecular flexibility index (Phi) is 3.95. The van der Waals surface area contributed by atoms with Crippen molar-refractivity contribution in [1.29, 1.82) is 0 Å². The summed E-state index contributed by atoms with van der Waals surface area (Å²) >= 11 is 1.48. The van der Waals surface area contributed by atoms with E-state index in [1.54, 1.807) is 6.20 Å². The second-order valence-electron chi connectivity index (χ2n) is 5.89. The van der Waals surface area contributed by atoms with Gasteiger partial charge in [-0.1, -0.05) is 19.9 Å². The van der Waals surface area contributed by atoms with E-state index in [4.69, 9.17) is 0 Å². The smallest absolute Gasteiger partial charge is 0.174 e. The molecule has 0 saturated carbocycles. The minimum Gasteiger partial charge on any atom is -0.363 e. The summed E-state index contributed by atoms with van der Waals surface area (Å²) in [7, 11) is 0. The van der Waals surface area contributed by atoms with Gasteiger partial charge in [-0.15, -0.1) is 0 Å². The van der Waals surface area contributed by atoms with Gasteiger partial charge in [0.2, 0.25) is 0 Å². The highest BCUT2D eigenvalue weighted by Crippen LogP contribution is 2.55. The molecule has 116 valence electrons. The molecule has 3 atom stereocenters. The monoisotopic (exact) mass is 315 g/mol. The molecule has 2 heterocycles. The lowest BCUT2D eigenvalue weighted by molar-refractivity contribution is 0.219. The van der Waals surface area contributed by atoms with E-state index in [9.17, 15) is 0 Å². The van der Waals surface area contributed by atoms with Crippen LogP contribution in [0.2, 0.25) is 0 Å². The molecule has 0 saturated heterocycles. The number of hydrogen-bond donors (Lipinski definition) is 2. The number of hydrogen-bond acceptors (Lipinski definition) is 5. The summed E-state index contributed by atoms with van der Waals surface area (Å²) in [6.45, 7) is 10.3. The quantitative estimate of drug-likeness (QED) is 0.624. The lowest BCUT2D eigenvalue weighted by atomic mass is 9.63. The van der Waals surface area contributed by atoms with Crippen LogP contribution in [-0.4, -0.2) is 27.9 Å². The molecule has 5 nitrogen and oxygen atoms in total. The zero-order chi connectivity index (χ0) is 15.7. The molecular formula is C16H21N5S. The molecule has 2 aromatic rings. The van der Waals surface area contributed by atoms with Gasteiger partial charge in [0.05, 0.1) is 5.52 Å². The van der Waals surface area contributed by atoms with E-state index >= 15 is 0 Å². The third-order valence-corrected chi connectivity index (χ3v) is 5.73. The molecule has 1 aliphatic carbocycles. The second kappa shape index (κ2) is 5.76. The molecule has 0 aliphatic heterocycles. The van der Waals surface area contributed by atoms with Crippen LogP contribution in [0.1, 0.15) is 27.2 Å². The van der Waals surface area contributed by atoms with Gasteiger partial charge in [-0.25, -0.2) is 4.40 Å². The van der Waals surface area contributed by atoms with Crippen LogP contribution in [0.4, 0.5) is 5.82 Å². The second-order valence-corrected chi connectivity index (χ2v) is 6.77. The topological polar surface area (TPSA) is 66.0 Å². The van der Waals surface area contributed by atoms with Crippen molar-refractivity contribution in [2.24, 2.45) is 15.7 Å². The van der Waals surface area contributed by atoms with E-state index in [2.05, 4.69) is 58.5 Å². The number of nitrogens with one attached hydrogen (secondary N) is 2. The van der Waals surface area contributed by atoms with Crippen molar-refractivity contribution in [3.63, 3.8) is 0 Å². The number of anilines is 1. The molecular weight excluding hydrogens is 294 g/mol. The number of aromatic nitrogens is 3. The Morgan fingerprint density at radius 3 is 3.14 bits per heavy atom. The SMILES string of the molecule is C=NSC1=CC(CC)[C@]1(C)[C@H](C)Nc1n[nH]c2cccnc12. The van der Waals surface area contributed by atoms with Crippen LogP contribution in [0.25, 0.3) is 11.0 Å². The number of allylic oxidation sites excluding steroid dienone is 1. The van der Waals surface area contributed by atoms with Crippen molar-refractivity contribution in [2.45, 2.75) is 33.2 Å². The predicted octanol–water partition coefficient (Wildman–Crippen LogP) is 4.04. The van der Waals surface area contributed by atoms with Crippen LogP contribution in [0.3, 0.4) is 0 Å². The predicted molar refractivity (Wildman–Crippen MR) is 94.1 cm³/mol. The fourth-order valence-electron chi connectivity index (χ4n) is 3.21. The first-order valence-corrected chi connectivity index (χ1v) is 8.29. The number of aromatic amines is 1. The van der Waals surface area contributed by atoms with Crippen molar-refractivity contribution >= 4 is 35.5 Å². The maximum Gasteiger partial charge on any atom is 0.174 e.